The lowest BCUT2D eigenvalue weighted by atomic mass is 9.98. The number of nitrogens with zero attached hydrogens (tertiary/aromatic N) is 3. The molecule has 0 saturated heterocycles. The van der Waals surface area contributed by atoms with Gasteiger partial charge in [-0.2, -0.15) is 0 Å². The van der Waals surface area contributed by atoms with Crippen molar-refractivity contribution in [2.75, 3.05) is 0 Å². The van der Waals surface area contributed by atoms with E-state index in [1.807, 2.05) is 36.4 Å². The molecule has 0 aliphatic heterocycles. The summed E-state index contributed by atoms with van der Waals surface area (Å²) in [6, 6.07) is 22.2. The summed E-state index contributed by atoms with van der Waals surface area (Å²) >= 11 is 0. The van der Waals surface area contributed by atoms with Crippen molar-refractivity contribution in [2.45, 2.75) is 0 Å². The van der Waals surface area contributed by atoms with Gasteiger partial charge in [-0.3, -0.25) is 0 Å². The van der Waals surface area contributed by atoms with E-state index in [2.05, 4.69) is 40.4 Å². The van der Waals surface area contributed by atoms with Gasteiger partial charge >= 0.3 is 0 Å². The Morgan fingerprint density at radius 2 is 1.53 bits per heavy atom. The van der Waals surface area contributed by atoms with Crippen LogP contribution in [0.25, 0.3) is 32.3 Å². The molecular weight excluding hydrogens is 234 g/mol. The Labute approximate surface area is 110 Å². The van der Waals surface area contributed by atoms with Gasteiger partial charge in [0.05, 0.1) is 0 Å². The largest absolute Gasteiger partial charge is 0.0616 e. The normalized spacial score (nSPS) is 10.1. The highest BCUT2D eigenvalue weighted by Crippen LogP contribution is 2.29. The first-order valence-electron chi connectivity index (χ1n) is 6.02. The van der Waals surface area contributed by atoms with Gasteiger partial charge in [-0.1, -0.05) is 71.8 Å². The topological polar surface area (TPSA) is 48.8 Å². The number of fused-ring (bicyclic) bond motifs is 1. The molecule has 3 nitrogen and oxygen atoms in total. The molecule has 0 atom stereocenters. The van der Waals surface area contributed by atoms with E-state index in [4.69, 9.17) is 5.53 Å². The molecule has 3 aromatic rings. The maximum Gasteiger partial charge on any atom is 0.0375 e. The quantitative estimate of drug-likeness (QED) is 0.327. The van der Waals surface area contributed by atoms with Crippen LogP contribution in [0.15, 0.2) is 71.8 Å². The predicted octanol–water partition coefficient (Wildman–Crippen LogP) is 5.45. The van der Waals surface area contributed by atoms with Crippen molar-refractivity contribution in [3.63, 3.8) is 0 Å². The Morgan fingerprint density at radius 1 is 0.789 bits per heavy atom. The van der Waals surface area contributed by atoms with Gasteiger partial charge < -0.3 is 0 Å². The maximum absolute atomic E-state index is 8.41. The first kappa shape index (κ1) is 11.3. The third-order valence-corrected chi connectivity index (χ3v) is 3.13. The molecule has 0 radical (unpaired) electrons. The van der Waals surface area contributed by atoms with Crippen LogP contribution in [0.5, 0.6) is 0 Å². The van der Waals surface area contributed by atoms with Crippen LogP contribution in [0.2, 0.25) is 0 Å². The summed E-state index contributed by atoms with van der Waals surface area (Å²) in [4.78, 5) is 2.78. The minimum absolute atomic E-state index is 0.631. The van der Waals surface area contributed by atoms with Crippen molar-refractivity contribution in [1.29, 1.82) is 0 Å². The number of hydrogen-bond acceptors (Lipinski definition) is 1. The van der Waals surface area contributed by atoms with E-state index < -0.39 is 0 Å². The molecule has 0 aliphatic carbocycles. The molecule has 3 rings (SSSR count). The van der Waals surface area contributed by atoms with Crippen LogP contribution >= 0.6 is 0 Å². The monoisotopic (exact) mass is 245 g/mol. The summed E-state index contributed by atoms with van der Waals surface area (Å²) in [6.45, 7) is 0. The van der Waals surface area contributed by atoms with Crippen molar-refractivity contribution in [3.05, 3.63) is 77.2 Å². The standard InChI is InChI=1S/C16H11N3/c17-19-18-14-10-8-13(9-11-14)16-7-3-5-12-4-1-2-6-15(12)16/h1-11H. The molecular formula is C16H11N3. The fourth-order valence-electron chi connectivity index (χ4n) is 2.24. The third-order valence-electron chi connectivity index (χ3n) is 3.13. The fourth-order valence-corrected chi connectivity index (χ4v) is 2.24. The van der Waals surface area contributed by atoms with Crippen LogP contribution in [-0.4, -0.2) is 0 Å². The van der Waals surface area contributed by atoms with Crippen molar-refractivity contribution in [3.8, 4) is 11.1 Å². The lowest BCUT2D eigenvalue weighted by molar-refractivity contribution is 1.48. The average molecular weight is 245 g/mol. The molecule has 19 heavy (non-hydrogen) atoms. The molecule has 3 aromatic carbocycles. The lowest BCUT2D eigenvalue weighted by Crippen LogP contribution is -1.80. The molecule has 3 heteroatoms. The van der Waals surface area contributed by atoms with Crippen LogP contribution in [0, 0.1) is 0 Å². The zero-order chi connectivity index (χ0) is 13.1. The molecule has 0 amide bonds. The Bertz CT molecular complexity index is 764. The summed E-state index contributed by atoms with van der Waals surface area (Å²) in [7, 11) is 0. The highest BCUT2D eigenvalue weighted by atomic mass is 15.1. The number of hydrogen-bond donors (Lipinski definition) is 0. The van der Waals surface area contributed by atoms with Crippen LogP contribution in [-0.2, 0) is 0 Å². The highest BCUT2D eigenvalue weighted by Gasteiger charge is 2.02. The van der Waals surface area contributed by atoms with E-state index >= 15 is 0 Å². The summed E-state index contributed by atoms with van der Waals surface area (Å²) in [5, 5.41) is 6.03. The van der Waals surface area contributed by atoms with Crippen LogP contribution in [0.4, 0.5) is 5.69 Å². The zero-order valence-electron chi connectivity index (χ0n) is 10.2. The maximum atomic E-state index is 8.41. The minimum Gasteiger partial charge on any atom is -0.0616 e. The van der Waals surface area contributed by atoms with E-state index in [0.717, 1.165) is 5.56 Å². The molecule has 0 saturated carbocycles. The van der Waals surface area contributed by atoms with E-state index in [9.17, 15) is 0 Å². The van der Waals surface area contributed by atoms with Gasteiger partial charge in [0.25, 0.3) is 0 Å². The molecule has 0 aromatic heterocycles. The second-order valence-corrected chi connectivity index (χ2v) is 4.26. The van der Waals surface area contributed by atoms with Gasteiger partial charge in [0.1, 0.15) is 0 Å². The summed E-state index contributed by atoms with van der Waals surface area (Å²) in [5.74, 6) is 0. The van der Waals surface area contributed by atoms with Gasteiger partial charge in [0.2, 0.25) is 0 Å². The second-order valence-electron chi connectivity index (χ2n) is 4.26. The van der Waals surface area contributed by atoms with Gasteiger partial charge in [0, 0.05) is 10.6 Å². The summed E-state index contributed by atoms with van der Waals surface area (Å²) in [6.07, 6.45) is 0. The van der Waals surface area contributed by atoms with E-state index in [1.165, 1.54) is 16.3 Å². The molecule has 90 valence electrons. The van der Waals surface area contributed by atoms with Gasteiger partial charge in [-0.05, 0) is 27.4 Å². The summed E-state index contributed by atoms with van der Waals surface area (Å²) in [5.41, 5.74) is 11.3. The average Bonchev–Trinajstić information content (AvgIpc) is 2.48. The molecule has 0 spiro atoms. The zero-order valence-corrected chi connectivity index (χ0v) is 10.2. The van der Waals surface area contributed by atoms with Crippen molar-refractivity contribution < 1.29 is 0 Å². The van der Waals surface area contributed by atoms with E-state index in [1.54, 1.807) is 0 Å². The number of azide groups is 1. The molecule has 0 bridgehead atoms. The Hall–Kier alpha value is -2.77. The highest BCUT2D eigenvalue weighted by molar-refractivity contribution is 5.96. The Kier molecular flexibility index (Phi) is 2.89. The first-order chi connectivity index (χ1) is 9.38. The molecule has 0 unspecified atom stereocenters. The van der Waals surface area contributed by atoms with Crippen molar-refractivity contribution in [2.24, 2.45) is 5.11 Å². The third kappa shape index (κ3) is 2.15. The molecule has 0 fully saturated rings. The van der Waals surface area contributed by atoms with E-state index in [-0.39, 0.29) is 0 Å². The van der Waals surface area contributed by atoms with E-state index in [0.29, 0.717) is 5.69 Å². The minimum atomic E-state index is 0.631. The van der Waals surface area contributed by atoms with Gasteiger partial charge in [-0.15, -0.1) is 0 Å². The Balaban J connectivity index is 2.16. The van der Waals surface area contributed by atoms with Crippen molar-refractivity contribution >= 4 is 16.5 Å². The van der Waals surface area contributed by atoms with Gasteiger partial charge in [0.15, 0.2) is 0 Å². The van der Waals surface area contributed by atoms with Crippen LogP contribution < -0.4 is 0 Å². The SMILES string of the molecule is [N-]=[N+]=Nc1ccc(-c2cccc3ccccc23)cc1. The Morgan fingerprint density at radius 3 is 2.32 bits per heavy atom. The number of rotatable bonds is 2. The van der Waals surface area contributed by atoms with Gasteiger partial charge in [-0.25, -0.2) is 0 Å². The predicted molar refractivity (Wildman–Crippen MR) is 78.2 cm³/mol. The summed E-state index contributed by atoms with van der Waals surface area (Å²) < 4.78 is 0. The second kappa shape index (κ2) is 4.84. The number of benzene rings is 3. The lowest BCUT2D eigenvalue weighted by Gasteiger charge is -2.06. The fraction of sp³-hybridized carbons (Fsp3) is 0. The molecule has 0 heterocycles. The van der Waals surface area contributed by atoms with Crippen LogP contribution in [0.3, 0.4) is 0 Å². The van der Waals surface area contributed by atoms with Crippen LogP contribution in [0.1, 0.15) is 0 Å². The smallest absolute Gasteiger partial charge is 0.0375 e. The molecule has 0 N–H and O–H groups in total. The first-order valence-corrected chi connectivity index (χ1v) is 6.02. The molecule has 0 aliphatic rings. The van der Waals surface area contributed by atoms with Crippen molar-refractivity contribution in [1.82, 2.24) is 0 Å².